The molecule has 0 aliphatic rings. The topological polar surface area (TPSA) is 41.5 Å². The quantitative estimate of drug-likeness (QED) is 0.783. The maximum Gasteiger partial charge on any atom is 0.0897 e. The Balaban J connectivity index is 1.62. The van der Waals surface area contributed by atoms with Gasteiger partial charge in [0.1, 0.15) is 0 Å². The molecule has 2 aromatic carbocycles. The zero-order chi connectivity index (χ0) is 14.9. The largest absolute Gasteiger partial charge is 0.389 e. The lowest BCUT2D eigenvalue weighted by atomic mass is 10.1. The SMILES string of the molecule is Cc1ccccc1CNCC(O)COCc1ccccc1. The number of hydrogen-bond acceptors (Lipinski definition) is 3. The molecule has 2 rings (SSSR count). The molecule has 112 valence electrons. The lowest BCUT2D eigenvalue weighted by molar-refractivity contribution is 0.0287. The Kier molecular flexibility index (Phi) is 6.41. The van der Waals surface area contributed by atoms with E-state index in [0.29, 0.717) is 19.8 Å². The van der Waals surface area contributed by atoms with E-state index >= 15 is 0 Å². The van der Waals surface area contributed by atoms with Crippen LogP contribution >= 0.6 is 0 Å². The number of aliphatic hydroxyl groups excluding tert-OH is 1. The molecule has 0 aliphatic heterocycles. The first kappa shape index (κ1) is 15.7. The van der Waals surface area contributed by atoms with Gasteiger partial charge in [0.15, 0.2) is 0 Å². The summed E-state index contributed by atoms with van der Waals surface area (Å²) in [5.41, 5.74) is 3.65. The van der Waals surface area contributed by atoms with Crippen LogP contribution in [-0.2, 0) is 17.9 Å². The molecule has 0 bridgehead atoms. The average molecular weight is 285 g/mol. The standard InChI is InChI=1S/C18H23NO2/c1-15-7-5-6-10-17(15)11-19-12-18(20)14-21-13-16-8-3-2-4-9-16/h2-10,18-20H,11-14H2,1H3. The highest BCUT2D eigenvalue weighted by molar-refractivity contribution is 5.25. The van der Waals surface area contributed by atoms with E-state index in [-0.39, 0.29) is 0 Å². The van der Waals surface area contributed by atoms with E-state index in [4.69, 9.17) is 4.74 Å². The summed E-state index contributed by atoms with van der Waals surface area (Å²) in [5, 5.41) is 13.1. The molecule has 2 aromatic rings. The van der Waals surface area contributed by atoms with Crippen LogP contribution in [0.2, 0.25) is 0 Å². The predicted octanol–water partition coefficient (Wildman–Crippen LogP) is 2.66. The van der Waals surface area contributed by atoms with Crippen LogP contribution in [0.15, 0.2) is 54.6 Å². The number of benzene rings is 2. The number of hydrogen-bond donors (Lipinski definition) is 2. The minimum atomic E-state index is -0.488. The summed E-state index contributed by atoms with van der Waals surface area (Å²) in [4.78, 5) is 0. The Morgan fingerprint density at radius 1 is 1.05 bits per heavy atom. The monoisotopic (exact) mass is 285 g/mol. The number of aliphatic hydroxyl groups is 1. The van der Waals surface area contributed by atoms with E-state index in [9.17, 15) is 5.11 Å². The predicted molar refractivity (Wildman–Crippen MR) is 85.0 cm³/mol. The normalized spacial score (nSPS) is 12.3. The Morgan fingerprint density at radius 3 is 2.52 bits per heavy atom. The average Bonchev–Trinajstić information content (AvgIpc) is 2.50. The molecule has 0 aromatic heterocycles. The van der Waals surface area contributed by atoms with Gasteiger partial charge in [0.25, 0.3) is 0 Å². The highest BCUT2D eigenvalue weighted by Gasteiger charge is 2.04. The van der Waals surface area contributed by atoms with E-state index in [1.54, 1.807) is 0 Å². The van der Waals surface area contributed by atoms with E-state index in [1.807, 2.05) is 42.5 Å². The van der Waals surface area contributed by atoms with E-state index in [2.05, 4.69) is 24.4 Å². The zero-order valence-electron chi connectivity index (χ0n) is 12.5. The third kappa shape index (κ3) is 5.68. The van der Waals surface area contributed by atoms with Crippen molar-refractivity contribution >= 4 is 0 Å². The fourth-order valence-corrected chi connectivity index (χ4v) is 2.13. The summed E-state index contributed by atoms with van der Waals surface area (Å²) >= 11 is 0. The molecule has 0 spiro atoms. The maximum absolute atomic E-state index is 9.89. The van der Waals surface area contributed by atoms with Crippen molar-refractivity contribution in [3.05, 3.63) is 71.3 Å². The van der Waals surface area contributed by atoms with Gasteiger partial charge in [-0.2, -0.15) is 0 Å². The van der Waals surface area contributed by atoms with Crippen molar-refractivity contribution in [2.24, 2.45) is 0 Å². The molecule has 0 fully saturated rings. The van der Waals surface area contributed by atoms with Crippen molar-refractivity contribution in [2.75, 3.05) is 13.2 Å². The fraction of sp³-hybridized carbons (Fsp3) is 0.333. The molecule has 0 saturated heterocycles. The van der Waals surface area contributed by atoms with Crippen molar-refractivity contribution in [3.8, 4) is 0 Å². The van der Waals surface area contributed by atoms with Crippen LogP contribution in [0.5, 0.6) is 0 Å². The maximum atomic E-state index is 9.89. The molecule has 21 heavy (non-hydrogen) atoms. The molecule has 3 heteroatoms. The smallest absolute Gasteiger partial charge is 0.0897 e. The van der Waals surface area contributed by atoms with Crippen molar-refractivity contribution < 1.29 is 9.84 Å². The van der Waals surface area contributed by atoms with Crippen LogP contribution in [-0.4, -0.2) is 24.4 Å². The Bertz CT molecular complexity index is 528. The Hall–Kier alpha value is -1.68. The number of rotatable bonds is 8. The molecule has 0 amide bonds. The van der Waals surface area contributed by atoms with Gasteiger partial charge in [-0.3, -0.25) is 0 Å². The van der Waals surface area contributed by atoms with Gasteiger partial charge in [0, 0.05) is 13.1 Å². The lowest BCUT2D eigenvalue weighted by Crippen LogP contribution is -2.30. The molecule has 1 atom stereocenters. The molecular formula is C18H23NO2. The molecule has 3 nitrogen and oxygen atoms in total. The van der Waals surface area contributed by atoms with Gasteiger partial charge in [0.05, 0.1) is 19.3 Å². The molecular weight excluding hydrogens is 262 g/mol. The molecule has 1 unspecified atom stereocenters. The van der Waals surface area contributed by atoms with Gasteiger partial charge in [-0.25, -0.2) is 0 Å². The molecule has 0 heterocycles. The number of ether oxygens (including phenoxy) is 1. The van der Waals surface area contributed by atoms with Crippen molar-refractivity contribution in [2.45, 2.75) is 26.2 Å². The van der Waals surface area contributed by atoms with Gasteiger partial charge < -0.3 is 15.2 Å². The minimum absolute atomic E-state index is 0.343. The van der Waals surface area contributed by atoms with Crippen LogP contribution in [0.1, 0.15) is 16.7 Å². The minimum Gasteiger partial charge on any atom is -0.389 e. The fourth-order valence-electron chi connectivity index (χ4n) is 2.13. The van der Waals surface area contributed by atoms with Gasteiger partial charge in [-0.1, -0.05) is 54.6 Å². The number of aryl methyl sites for hydroxylation is 1. The zero-order valence-corrected chi connectivity index (χ0v) is 12.5. The van der Waals surface area contributed by atoms with Crippen LogP contribution in [0.3, 0.4) is 0 Å². The van der Waals surface area contributed by atoms with E-state index < -0.39 is 6.10 Å². The van der Waals surface area contributed by atoms with Crippen molar-refractivity contribution in [1.29, 1.82) is 0 Å². The van der Waals surface area contributed by atoms with Crippen LogP contribution < -0.4 is 5.32 Å². The van der Waals surface area contributed by atoms with Gasteiger partial charge in [0.2, 0.25) is 0 Å². The van der Waals surface area contributed by atoms with Gasteiger partial charge in [-0.05, 0) is 23.6 Å². The van der Waals surface area contributed by atoms with Crippen molar-refractivity contribution in [3.63, 3.8) is 0 Å². The van der Waals surface area contributed by atoms with Crippen LogP contribution in [0, 0.1) is 6.92 Å². The first-order valence-electron chi connectivity index (χ1n) is 7.30. The second-order valence-electron chi connectivity index (χ2n) is 5.21. The summed E-state index contributed by atoms with van der Waals surface area (Å²) in [6, 6.07) is 18.2. The molecule has 0 radical (unpaired) electrons. The highest BCUT2D eigenvalue weighted by Crippen LogP contribution is 2.06. The second kappa shape index (κ2) is 8.57. The lowest BCUT2D eigenvalue weighted by Gasteiger charge is -2.13. The molecule has 0 saturated carbocycles. The second-order valence-corrected chi connectivity index (χ2v) is 5.21. The Morgan fingerprint density at radius 2 is 1.76 bits per heavy atom. The number of nitrogens with one attached hydrogen (secondary N) is 1. The summed E-state index contributed by atoms with van der Waals surface area (Å²) < 4.78 is 5.52. The van der Waals surface area contributed by atoms with Crippen molar-refractivity contribution in [1.82, 2.24) is 5.32 Å². The first-order valence-corrected chi connectivity index (χ1v) is 7.30. The third-order valence-corrected chi connectivity index (χ3v) is 3.38. The highest BCUT2D eigenvalue weighted by atomic mass is 16.5. The molecule has 0 aliphatic carbocycles. The Labute approximate surface area is 126 Å². The summed E-state index contributed by atoms with van der Waals surface area (Å²) in [7, 11) is 0. The van der Waals surface area contributed by atoms with Gasteiger partial charge >= 0.3 is 0 Å². The summed E-state index contributed by atoms with van der Waals surface area (Å²) in [5.74, 6) is 0. The van der Waals surface area contributed by atoms with Crippen LogP contribution in [0.4, 0.5) is 0 Å². The van der Waals surface area contributed by atoms with Gasteiger partial charge in [-0.15, -0.1) is 0 Å². The van der Waals surface area contributed by atoms with E-state index in [0.717, 1.165) is 12.1 Å². The van der Waals surface area contributed by atoms with E-state index in [1.165, 1.54) is 11.1 Å². The first-order chi connectivity index (χ1) is 10.3. The van der Waals surface area contributed by atoms with Crippen LogP contribution in [0.25, 0.3) is 0 Å². The molecule has 2 N–H and O–H groups in total. The third-order valence-electron chi connectivity index (χ3n) is 3.38. The summed E-state index contributed by atoms with van der Waals surface area (Å²) in [6.07, 6.45) is -0.488. The summed E-state index contributed by atoms with van der Waals surface area (Å²) in [6.45, 7) is 4.27.